The van der Waals surface area contributed by atoms with Crippen LogP contribution < -0.4 is 5.32 Å². The van der Waals surface area contributed by atoms with Gasteiger partial charge in [-0.05, 0) is 26.8 Å². The summed E-state index contributed by atoms with van der Waals surface area (Å²) in [6, 6.07) is 1.72. The topological polar surface area (TPSA) is 59.4 Å². The largest absolute Gasteiger partial charge is 0.372 e. The Bertz CT molecular complexity index is 411. The SMILES string of the molecule is CC1CN(C(=O)C(C)NCCn2cccn2)CC(C)O1. The van der Waals surface area contributed by atoms with Crippen LogP contribution in [0.3, 0.4) is 0 Å². The van der Waals surface area contributed by atoms with Crippen molar-refractivity contribution >= 4 is 5.91 Å². The second-order valence-electron chi connectivity index (χ2n) is 5.45. The monoisotopic (exact) mass is 280 g/mol. The number of hydrogen-bond donors (Lipinski definition) is 1. The van der Waals surface area contributed by atoms with Crippen molar-refractivity contribution < 1.29 is 9.53 Å². The molecule has 0 radical (unpaired) electrons. The van der Waals surface area contributed by atoms with E-state index in [1.165, 1.54) is 0 Å². The molecule has 6 heteroatoms. The number of carbonyl (C=O) groups excluding carboxylic acids is 1. The summed E-state index contributed by atoms with van der Waals surface area (Å²) < 4.78 is 7.50. The molecular weight excluding hydrogens is 256 g/mol. The average molecular weight is 280 g/mol. The molecule has 1 saturated heterocycles. The van der Waals surface area contributed by atoms with E-state index >= 15 is 0 Å². The van der Waals surface area contributed by atoms with Gasteiger partial charge in [0, 0.05) is 32.0 Å². The normalized spacial score (nSPS) is 24.6. The molecule has 112 valence electrons. The molecule has 2 heterocycles. The van der Waals surface area contributed by atoms with Crippen LogP contribution in [0, 0.1) is 0 Å². The van der Waals surface area contributed by atoms with Crippen molar-refractivity contribution in [1.29, 1.82) is 0 Å². The highest BCUT2D eigenvalue weighted by molar-refractivity contribution is 5.81. The molecule has 1 fully saturated rings. The average Bonchev–Trinajstić information content (AvgIpc) is 2.89. The number of nitrogens with one attached hydrogen (secondary N) is 1. The zero-order valence-corrected chi connectivity index (χ0v) is 12.5. The van der Waals surface area contributed by atoms with Crippen molar-refractivity contribution in [2.24, 2.45) is 0 Å². The fraction of sp³-hybridized carbons (Fsp3) is 0.714. The number of hydrogen-bond acceptors (Lipinski definition) is 4. The standard InChI is InChI=1S/C14H24N4O2/c1-11-9-17(10-12(2)20-11)14(19)13(3)15-6-8-18-7-4-5-16-18/h4-5,7,11-13,15H,6,8-10H2,1-3H3. The van der Waals surface area contributed by atoms with Crippen molar-refractivity contribution in [3.05, 3.63) is 18.5 Å². The molecule has 0 aromatic carbocycles. The van der Waals surface area contributed by atoms with Crippen LogP contribution in [0.1, 0.15) is 20.8 Å². The Kier molecular flexibility index (Phi) is 5.14. The van der Waals surface area contributed by atoms with E-state index in [4.69, 9.17) is 4.74 Å². The lowest BCUT2D eigenvalue weighted by atomic mass is 10.2. The van der Waals surface area contributed by atoms with Crippen LogP contribution in [-0.2, 0) is 16.1 Å². The van der Waals surface area contributed by atoms with Gasteiger partial charge < -0.3 is 15.0 Å². The molecule has 20 heavy (non-hydrogen) atoms. The third kappa shape index (κ3) is 4.05. The Morgan fingerprint density at radius 2 is 2.15 bits per heavy atom. The first kappa shape index (κ1) is 15.0. The Hall–Kier alpha value is -1.40. The number of ether oxygens (including phenoxy) is 1. The van der Waals surface area contributed by atoms with Crippen LogP contribution in [0.25, 0.3) is 0 Å². The van der Waals surface area contributed by atoms with Crippen molar-refractivity contribution in [1.82, 2.24) is 20.0 Å². The number of rotatable bonds is 5. The maximum atomic E-state index is 12.4. The molecule has 3 atom stereocenters. The first-order chi connectivity index (χ1) is 9.56. The van der Waals surface area contributed by atoms with Gasteiger partial charge in [0.15, 0.2) is 0 Å². The van der Waals surface area contributed by atoms with Crippen molar-refractivity contribution in [3.8, 4) is 0 Å². The fourth-order valence-electron chi connectivity index (χ4n) is 2.55. The molecule has 0 spiro atoms. The van der Waals surface area contributed by atoms with Crippen LogP contribution in [-0.4, -0.2) is 58.5 Å². The molecule has 1 amide bonds. The minimum Gasteiger partial charge on any atom is -0.372 e. The van der Waals surface area contributed by atoms with E-state index in [0.29, 0.717) is 13.1 Å². The van der Waals surface area contributed by atoms with Crippen molar-refractivity contribution in [3.63, 3.8) is 0 Å². The quantitative estimate of drug-likeness (QED) is 0.853. The number of nitrogens with zero attached hydrogens (tertiary/aromatic N) is 3. The third-order valence-electron chi connectivity index (χ3n) is 3.45. The minimum absolute atomic E-state index is 0.110. The predicted octanol–water partition coefficient (Wildman–Crippen LogP) is 0.497. The molecule has 1 aliphatic rings. The van der Waals surface area contributed by atoms with Gasteiger partial charge in [0.1, 0.15) is 0 Å². The summed E-state index contributed by atoms with van der Waals surface area (Å²) in [4.78, 5) is 14.3. The third-order valence-corrected chi connectivity index (χ3v) is 3.45. The smallest absolute Gasteiger partial charge is 0.239 e. The molecule has 1 aromatic rings. The highest BCUT2D eigenvalue weighted by atomic mass is 16.5. The van der Waals surface area contributed by atoms with Gasteiger partial charge in [0.2, 0.25) is 5.91 Å². The van der Waals surface area contributed by atoms with Crippen LogP contribution in [0.2, 0.25) is 0 Å². The van der Waals surface area contributed by atoms with Gasteiger partial charge in [-0.15, -0.1) is 0 Å². The summed E-state index contributed by atoms with van der Waals surface area (Å²) in [5, 5.41) is 7.39. The van der Waals surface area contributed by atoms with Gasteiger partial charge in [-0.2, -0.15) is 5.10 Å². The molecule has 1 aliphatic heterocycles. The first-order valence-electron chi connectivity index (χ1n) is 7.21. The zero-order chi connectivity index (χ0) is 14.5. The van der Waals surface area contributed by atoms with Crippen LogP contribution in [0.15, 0.2) is 18.5 Å². The maximum absolute atomic E-state index is 12.4. The van der Waals surface area contributed by atoms with Gasteiger partial charge in [-0.25, -0.2) is 0 Å². The summed E-state index contributed by atoms with van der Waals surface area (Å²) in [5.74, 6) is 0.146. The maximum Gasteiger partial charge on any atom is 0.239 e. The lowest BCUT2D eigenvalue weighted by molar-refractivity contribution is -0.144. The van der Waals surface area contributed by atoms with E-state index in [2.05, 4.69) is 10.4 Å². The van der Waals surface area contributed by atoms with Gasteiger partial charge >= 0.3 is 0 Å². The molecule has 2 rings (SSSR count). The number of amides is 1. The van der Waals surface area contributed by atoms with Gasteiger partial charge in [0.25, 0.3) is 0 Å². The van der Waals surface area contributed by atoms with Crippen molar-refractivity contribution in [2.45, 2.75) is 45.6 Å². The molecule has 3 unspecified atom stereocenters. The molecule has 0 aliphatic carbocycles. The molecule has 0 bridgehead atoms. The number of carbonyl (C=O) groups is 1. The Labute approximate surface area is 120 Å². The van der Waals surface area contributed by atoms with Gasteiger partial charge in [-0.1, -0.05) is 0 Å². The summed E-state index contributed by atoms with van der Waals surface area (Å²) in [7, 11) is 0. The van der Waals surface area contributed by atoms with Gasteiger partial charge in [-0.3, -0.25) is 9.48 Å². The minimum atomic E-state index is -0.178. The number of aromatic nitrogens is 2. The zero-order valence-electron chi connectivity index (χ0n) is 12.5. The molecule has 1 aromatic heterocycles. The van der Waals surface area contributed by atoms with E-state index in [9.17, 15) is 4.79 Å². The van der Waals surface area contributed by atoms with E-state index < -0.39 is 0 Å². The highest BCUT2D eigenvalue weighted by Crippen LogP contribution is 2.11. The fourth-order valence-corrected chi connectivity index (χ4v) is 2.55. The molecule has 0 saturated carbocycles. The lowest BCUT2D eigenvalue weighted by Crippen LogP contribution is -2.53. The summed E-state index contributed by atoms with van der Waals surface area (Å²) in [6.45, 7) is 8.76. The van der Waals surface area contributed by atoms with Crippen LogP contribution >= 0.6 is 0 Å². The van der Waals surface area contributed by atoms with Gasteiger partial charge in [0.05, 0.1) is 24.8 Å². The van der Waals surface area contributed by atoms with E-state index in [1.54, 1.807) is 6.20 Å². The number of morpholine rings is 1. The Morgan fingerprint density at radius 3 is 2.75 bits per heavy atom. The van der Waals surface area contributed by atoms with Crippen molar-refractivity contribution in [2.75, 3.05) is 19.6 Å². The second kappa shape index (κ2) is 6.85. The first-order valence-corrected chi connectivity index (χ1v) is 7.21. The predicted molar refractivity (Wildman–Crippen MR) is 76.3 cm³/mol. The second-order valence-corrected chi connectivity index (χ2v) is 5.45. The summed E-state index contributed by atoms with van der Waals surface area (Å²) in [6.07, 6.45) is 3.89. The highest BCUT2D eigenvalue weighted by Gasteiger charge is 2.28. The van der Waals surface area contributed by atoms with E-state index in [-0.39, 0.29) is 24.2 Å². The summed E-state index contributed by atoms with van der Waals surface area (Å²) >= 11 is 0. The summed E-state index contributed by atoms with van der Waals surface area (Å²) in [5.41, 5.74) is 0. The van der Waals surface area contributed by atoms with Crippen LogP contribution in [0.4, 0.5) is 0 Å². The van der Waals surface area contributed by atoms with E-state index in [0.717, 1.165) is 13.1 Å². The Morgan fingerprint density at radius 1 is 1.45 bits per heavy atom. The molecule has 6 nitrogen and oxygen atoms in total. The lowest BCUT2D eigenvalue weighted by Gasteiger charge is -2.36. The van der Waals surface area contributed by atoms with Crippen LogP contribution in [0.5, 0.6) is 0 Å². The molecule has 1 N–H and O–H groups in total. The van der Waals surface area contributed by atoms with E-state index in [1.807, 2.05) is 42.6 Å². The molecular formula is C14H24N4O2. The Balaban J connectivity index is 1.76.